The molecular weight excluding hydrogens is 423 g/mol. The first-order valence-electron chi connectivity index (χ1n) is 9.06. The van der Waals surface area contributed by atoms with E-state index in [4.69, 9.17) is 11.6 Å². The summed E-state index contributed by atoms with van der Waals surface area (Å²) in [6.45, 7) is 0. The maximum Gasteiger partial charge on any atom is 0.234 e. The third kappa shape index (κ3) is 4.53. The molecule has 1 N–H and O–H groups in total. The Bertz CT molecular complexity index is 1170. The predicted molar refractivity (Wildman–Crippen MR) is 118 cm³/mol. The first kappa shape index (κ1) is 20.1. The van der Waals surface area contributed by atoms with Gasteiger partial charge in [-0.25, -0.2) is 4.39 Å². The van der Waals surface area contributed by atoms with E-state index in [2.05, 4.69) is 15.5 Å². The average molecular weight is 439 g/mol. The smallest absolute Gasteiger partial charge is 0.234 e. The minimum absolute atomic E-state index is 0.0334. The highest BCUT2D eigenvalue weighted by atomic mass is 35.5. The fourth-order valence-corrected chi connectivity index (χ4v) is 3.78. The van der Waals surface area contributed by atoms with E-state index in [0.29, 0.717) is 16.0 Å². The molecule has 0 aliphatic carbocycles. The lowest BCUT2D eigenvalue weighted by atomic mass is 10.2. The predicted octanol–water partition coefficient (Wildman–Crippen LogP) is 5.46. The summed E-state index contributed by atoms with van der Waals surface area (Å²) in [5.41, 5.74) is 1.83. The number of carbonyl (C=O) groups excluding carboxylic acids is 1. The number of halogens is 2. The molecular formula is C22H16ClFN4OS. The van der Waals surface area contributed by atoms with Crippen LogP contribution in [0.1, 0.15) is 0 Å². The number of rotatable bonds is 6. The summed E-state index contributed by atoms with van der Waals surface area (Å²) in [4.78, 5) is 12.4. The molecule has 150 valence electrons. The van der Waals surface area contributed by atoms with Crippen LogP contribution >= 0.6 is 23.4 Å². The largest absolute Gasteiger partial charge is 0.323 e. The minimum Gasteiger partial charge on any atom is -0.323 e. The van der Waals surface area contributed by atoms with E-state index in [9.17, 15) is 9.18 Å². The van der Waals surface area contributed by atoms with Crippen LogP contribution in [0.15, 0.2) is 84.0 Å². The lowest BCUT2D eigenvalue weighted by molar-refractivity contribution is -0.113. The number of nitrogens with zero attached hydrogens (tertiary/aromatic N) is 3. The minimum atomic E-state index is -0.545. The number of amides is 1. The lowest BCUT2D eigenvalue weighted by Crippen LogP contribution is -2.15. The zero-order chi connectivity index (χ0) is 20.9. The van der Waals surface area contributed by atoms with E-state index in [1.807, 2.05) is 65.2 Å². The van der Waals surface area contributed by atoms with Gasteiger partial charge in [0.15, 0.2) is 11.0 Å². The van der Waals surface area contributed by atoms with Gasteiger partial charge >= 0.3 is 0 Å². The van der Waals surface area contributed by atoms with Crippen molar-refractivity contribution in [2.75, 3.05) is 11.1 Å². The average Bonchev–Trinajstić information content (AvgIpc) is 3.20. The van der Waals surface area contributed by atoms with Crippen molar-refractivity contribution < 1.29 is 9.18 Å². The Labute approximate surface area is 181 Å². The normalized spacial score (nSPS) is 10.7. The monoisotopic (exact) mass is 438 g/mol. The number of nitrogens with one attached hydrogen (secondary N) is 1. The van der Waals surface area contributed by atoms with E-state index in [-0.39, 0.29) is 17.3 Å². The molecule has 1 aromatic heterocycles. The van der Waals surface area contributed by atoms with E-state index < -0.39 is 5.82 Å². The van der Waals surface area contributed by atoms with Crippen LogP contribution in [-0.4, -0.2) is 26.4 Å². The Morgan fingerprint density at radius 1 is 1.00 bits per heavy atom. The Morgan fingerprint density at radius 3 is 2.43 bits per heavy atom. The number of hydrogen-bond donors (Lipinski definition) is 1. The highest BCUT2D eigenvalue weighted by molar-refractivity contribution is 7.99. The molecule has 0 aliphatic rings. The Balaban J connectivity index is 1.58. The fraction of sp³-hybridized carbons (Fsp3) is 0.0455. The van der Waals surface area contributed by atoms with Crippen molar-refractivity contribution in [2.24, 2.45) is 0 Å². The third-order valence-electron chi connectivity index (χ3n) is 4.21. The quantitative estimate of drug-likeness (QED) is 0.406. The van der Waals surface area contributed by atoms with Crippen LogP contribution in [0, 0.1) is 5.82 Å². The number of carbonyl (C=O) groups is 1. The van der Waals surface area contributed by atoms with Crippen molar-refractivity contribution in [3.8, 4) is 17.1 Å². The number of anilines is 1. The zero-order valence-electron chi connectivity index (χ0n) is 15.6. The van der Waals surface area contributed by atoms with Gasteiger partial charge in [0.25, 0.3) is 0 Å². The SMILES string of the molecule is O=C(CSc1nnc(-c2ccccc2)n1-c1ccccc1)Nc1cc(Cl)ccc1F. The van der Waals surface area contributed by atoms with Crippen molar-refractivity contribution >= 4 is 35.0 Å². The Kier molecular flexibility index (Phi) is 6.11. The molecule has 0 spiro atoms. The van der Waals surface area contributed by atoms with Crippen LogP contribution in [0.4, 0.5) is 10.1 Å². The second-order valence-corrected chi connectivity index (χ2v) is 7.68. The van der Waals surface area contributed by atoms with Gasteiger partial charge in [0, 0.05) is 16.3 Å². The molecule has 0 atom stereocenters. The molecule has 0 radical (unpaired) electrons. The molecule has 0 aliphatic heterocycles. The maximum absolute atomic E-state index is 13.9. The molecule has 0 bridgehead atoms. The fourth-order valence-electron chi connectivity index (χ4n) is 2.86. The Hall–Kier alpha value is -3.16. The summed E-state index contributed by atoms with van der Waals surface area (Å²) in [5, 5.41) is 12.1. The summed E-state index contributed by atoms with van der Waals surface area (Å²) < 4.78 is 15.8. The van der Waals surface area contributed by atoms with Crippen LogP contribution in [-0.2, 0) is 4.79 Å². The van der Waals surface area contributed by atoms with Gasteiger partial charge in [0.1, 0.15) is 5.82 Å². The summed E-state index contributed by atoms with van der Waals surface area (Å²) in [7, 11) is 0. The number of benzene rings is 3. The van der Waals surface area contributed by atoms with E-state index in [0.717, 1.165) is 11.3 Å². The van der Waals surface area contributed by atoms with Gasteiger partial charge in [-0.05, 0) is 30.3 Å². The molecule has 0 unspecified atom stereocenters. The lowest BCUT2D eigenvalue weighted by Gasteiger charge is -2.10. The molecule has 5 nitrogen and oxygen atoms in total. The summed E-state index contributed by atoms with van der Waals surface area (Å²) >= 11 is 7.09. The first-order chi connectivity index (χ1) is 14.6. The molecule has 3 aromatic carbocycles. The van der Waals surface area contributed by atoms with Crippen LogP contribution in [0.3, 0.4) is 0 Å². The third-order valence-corrected chi connectivity index (χ3v) is 5.38. The van der Waals surface area contributed by atoms with Gasteiger partial charge in [-0.15, -0.1) is 10.2 Å². The van der Waals surface area contributed by atoms with E-state index >= 15 is 0 Å². The second kappa shape index (κ2) is 9.11. The Morgan fingerprint density at radius 2 is 1.70 bits per heavy atom. The van der Waals surface area contributed by atoms with Crippen molar-refractivity contribution in [2.45, 2.75) is 5.16 Å². The van der Waals surface area contributed by atoms with Gasteiger partial charge < -0.3 is 5.32 Å². The van der Waals surface area contributed by atoms with Gasteiger partial charge in [-0.3, -0.25) is 9.36 Å². The molecule has 30 heavy (non-hydrogen) atoms. The summed E-state index contributed by atoms with van der Waals surface area (Å²) in [6.07, 6.45) is 0. The van der Waals surface area contributed by atoms with Gasteiger partial charge in [-0.2, -0.15) is 0 Å². The molecule has 1 amide bonds. The first-order valence-corrected chi connectivity index (χ1v) is 10.4. The van der Waals surface area contributed by atoms with Gasteiger partial charge in [0.05, 0.1) is 11.4 Å². The molecule has 8 heteroatoms. The van der Waals surface area contributed by atoms with Crippen LogP contribution in [0.5, 0.6) is 0 Å². The van der Waals surface area contributed by atoms with Crippen molar-refractivity contribution in [3.63, 3.8) is 0 Å². The van der Waals surface area contributed by atoms with Crippen molar-refractivity contribution in [1.82, 2.24) is 14.8 Å². The standard InChI is InChI=1S/C22H16ClFN4OS/c23-16-11-12-18(24)19(13-16)25-20(29)14-30-22-27-26-21(15-7-3-1-4-8-15)28(22)17-9-5-2-6-10-17/h1-13H,14H2,(H,25,29). The molecule has 4 aromatic rings. The molecule has 0 saturated carbocycles. The van der Waals surface area contributed by atoms with Crippen LogP contribution in [0.2, 0.25) is 5.02 Å². The van der Waals surface area contributed by atoms with Gasteiger partial charge in [-0.1, -0.05) is 71.9 Å². The van der Waals surface area contributed by atoms with E-state index in [1.165, 1.54) is 30.0 Å². The second-order valence-electron chi connectivity index (χ2n) is 6.30. The highest BCUT2D eigenvalue weighted by Gasteiger charge is 2.17. The topological polar surface area (TPSA) is 59.8 Å². The van der Waals surface area contributed by atoms with Crippen molar-refractivity contribution in [3.05, 3.63) is 89.7 Å². The maximum atomic E-state index is 13.9. The number of hydrogen-bond acceptors (Lipinski definition) is 4. The van der Waals surface area contributed by atoms with Crippen LogP contribution < -0.4 is 5.32 Å². The molecule has 0 saturated heterocycles. The highest BCUT2D eigenvalue weighted by Crippen LogP contribution is 2.28. The summed E-state index contributed by atoms with van der Waals surface area (Å²) in [6, 6.07) is 23.4. The van der Waals surface area contributed by atoms with Gasteiger partial charge in [0.2, 0.25) is 5.91 Å². The molecule has 0 fully saturated rings. The zero-order valence-corrected chi connectivity index (χ0v) is 17.2. The number of thioether (sulfide) groups is 1. The number of para-hydroxylation sites is 1. The van der Waals surface area contributed by atoms with Crippen molar-refractivity contribution in [1.29, 1.82) is 0 Å². The summed E-state index contributed by atoms with van der Waals surface area (Å²) in [5.74, 6) is -0.210. The molecule has 4 rings (SSSR count). The molecule has 1 heterocycles. The van der Waals surface area contributed by atoms with Crippen LogP contribution in [0.25, 0.3) is 17.1 Å². The van der Waals surface area contributed by atoms with E-state index in [1.54, 1.807) is 0 Å². The number of aromatic nitrogens is 3.